The molecule has 2 aromatic rings. The highest BCUT2D eigenvalue weighted by Crippen LogP contribution is 2.24. The highest BCUT2D eigenvalue weighted by atomic mass is 19.1. The zero-order chi connectivity index (χ0) is 13.1. The van der Waals surface area contributed by atoms with Crippen molar-refractivity contribution in [3.63, 3.8) is 0 Å². The molecule has 4 nitrogen and oxygen atoms in total. The summed E-state index contributed by atoms with van der Waals surface area (Å²) < 4.78 is 13.1. The second-order valence-electron chi connectivity index (χ2n) is 3.82. The molecule has 0 saturated carbocycles. The van der Waals surface area contributed by atoms with Crippen molar-refractivity contribution in [1.29, 1.82) is 5.26 Å². The van der Waals surface area contributed by atoms with Gasteiger partial charge in [0.2, 0.25) is 0 Å². The van der Waals surface area contributed by atoms with Gasteiger partial charge < -0.3 is 11.1 Å². The minimum Gasteiger partial charge on any atom is -0.395 e. The Bertz CT molecular complexity index is 631. The molecule has 90 valence electrons. The van der Waals surface area contributed by atoms with E-state index >= 15 is 0 Å². The highest BCUT2D eigenvalue weighted by molar-refractivity contribution is 5.73. The summed E-state index contributed by atoms with van der Waals surface area (Å²) in [5.74, 6) is 0.118. The number of benzene rings is 1. The van der Waals surface area contributed by atoms with Gasteiger partial charge in [0.05, 0.1) is 11.3 Å². The topological polar surface area (TPSA) is 74.7 Å². The van der Waals surface area contributed by atoms with Crippen LogP contribution in [0.3, 0.4) is 0 Å². The molecule has 0 aliphatic rings. The molecule has 18 heavy (non-hydrogen) atoms. The molecule has 1 aromatic heterocycles. The van der Waals surface area contributed by atoms with Crippen LogP contribution in [0.2, 0.25) is 0 Å². The fraction of sp³-hybridized carbons (Fsp3) is 0.0769. The Labute approximate surface area is 104 Å². The number of nitrogens with two attached hydrogens (primary N) is 1. The number of nitrogen functional groups attached to an aromatic ring is 1. The van der Waals surface area contributed by atoms with Gasteiger partial charge in [0.25, 0.3) is 0 Å². The molecular formula is C13H11FN4. The molecule has 0 fully saturated rings. The third kappa shape index (κ3) is 2.23. The number of nitriles is 1. The number of halogens is 1. The monoisotopic (exact) mass is 242 g/mol. The Hall–Kier alpha value is -2.61. The molecule has 1 aromatic carbocycles. The van der Waals surface area contributed by atoms with Crippen LogP contribution in [0.4, 0.5) is 21.6 Å². The van der Waals surface area contributed by atoms with E-state index in [4.69, 9.17) is 11.0 Å². The third-order valence-corrected chi connectivity index (χ3v) is 2.53. The van der Waals surface area contributed by atoms with Crippen molar-refractivity contribution in [2.24, 2.45) is 0 Å². The summed E-state index contributed by atoms with van der Waals surface area (Å²) in [6.45, 7) is 1.67. The summed E-state index contributed by atoms with van der Waals surface area (Å²) in [7, 11) is 0. The van der Waals surface area contributed by atoms with Crippen LogP contribution < -0.4 is 11.1 Å². The first-order chi connectivity index (χ1) is 8.61. The van der Waals surface area contributed by atoms with Gasteiger partial charge in [0.15, 0.2) is 5.82 Å². The zero-order valence-electron chi connectivity index (χ0n) is 9.74. The molecule has 0 aliphatic carbocycles. The molecule has 0 aliphatic heterocycles. The second-order valence-corrected chi connectivity index (χ2v) is 3.82. The van der Waals surface area contributed by atoms with Crippen LogP contribution in [-0.4, -0.2) is 4.98 Å². The SMILES string of the molecule is Cc1cc(Nc2nccc(C#N)c2N)ccc1F. The van der Waals surface area contributed by atoms with Gasteiger partial charge in [-0.05, 0) is 36.8 Å². The van der Waals surface area contributed by atoms with Crippen molar-refractivity contribution in [3.8, 4) is 6.07 Å². The molecule has 3 N–H and O–H groups in total. The lowest BCUT2D eigenvalue weighted by Crippen LogP contribution is -2.01. The number of hydrogen-bond acceptors (Lipinski definition) is 4. The summed E-state index contributed by atoms with van der Waals surface area (Å²) in [6, 6.07) is 8.11. The summed E-state index contributed by atoms with van der Waals surface area (Å²) >= 11 is 0. The second kappa shape index (κ2) is 4.72. The van der Waals surface area contributed by atoms with Gasteiger partial charge >= 0.3 is 0 Å². The minimum atomic E-state index is -0.271. The van der Waals surface area contributed by atoms with Crippen molar-refractivity contribution in [1.82, 2.24) is 4.98 Å². The number of aryl methyl sites for hydroxylation is 1. The van der Waals surface area contributed by atoms with Crippen LogP contribution in [0.1, 0.15) is 11.1 Å². The average molecular weight is 242 g/mol. The van der Waals surface area contributed by atoms with Gasteiger partial charge in [-0.25, -0.2) is 9.37 Å². The first-order valence-electron chi connectivity index (χ1n) is 5.29. The van der Waals surface area contributed by atoms with Crippen molar-refractivity contribution >= 4 is 17.2 Å². The van der Waals surface area contributed by atoms with E-state index in [0.29, 0.717) is 22.6 Å². The lowest BCUT2D eigenvalue weighted by molar-refractivity contribution is 0.619. The number of aromatic nitrogens is 1. The smallest absolute Gasteiger partial charge is 0.154 e. The molecule has 0 bridgehead atoms. The van der Waals surface area contributed by atoms with E-state index in [1.54, 1.807) is 19.1 Å². The fourth-order valence-electron chi connectivity index (χ4n) is 1.53. The largest absolute Gasteiger partial charge is 0.395 e. The van der Waals surface area contributed by atoms with Crippen LogP contribution >= 0.6 is 0 Å². The van der Waals surface area contributed by atoms with Gasteiger partial charge in [-0.3, -0.25) is 0 Å². The van der Waals surface area contributed by atoms with Crippen LogP contribution in [0.5, 0.6) is 0 Å². The van der Waals surface area contributed by atoms with Crippen molar-refractivity contribution in [3.05, 3.63) is 47.4 Å². The maximum atomic E-state index is 13.1. The lowest BCUT2D eigenvalue weighted by Gasteiger charge is -2.09. The van der Waals surface area contributed by atoms with E-state index in [0.717, 1.165) is 0 Å². The number of nitrogens with zero attached hydrogens (tertiary/aromatic N) is 2. The molecule has 0 atom stereocenters. The van der Waals surface area contributed by atoms with E-state index in [-0.39, 0.29) is 11.5 Å². The van der Waals surface area contributed by atoms with Gasteiger partial charge in [-0.2, -0.15) is 5.26 Å². The Morgan fingerprint density at radius 3 is 2.83 bits per heavy atom. The van der Waals surface area contributed by atoms with E-state index in [9.17, 15) is 4.39 Å². The zero-order valence-corrected chi connectivity index (χ0v) is 9.74. The van der Waals surface area contributed by atoms with E-state index in [2.05, 4.69) is 10.3 Å². The molecule has 0 amide bonds. The number of nitrogens with one attached hydrogen (secondary N) is 1. The average Bonchev–Trinajstić information content (AvgIpc) is 2.36. The van der Waals surface area contributed by atoms with E-state index in [1.807, 2.05) is 6.07 Å². The van der Waals surface area contributed by atoms with E-state index < -0.39 is 0 Å². The van der Waals surface area contributed by atoms with Crippen LogP contribution in [0.15, 0.2) is 30.5 Å². The Balaban J connectivity index is 2.35. The summed E-state index contributed by atoms with van der Waals surface area (Å²) in [5, 5.41) is 11.8. The van der Waals surface area contributed by atoms with Crippen molar-refractivity contribution in [2.45, 2.75) is 6.92 Å². The fourth-order valence-corrected chi connectivity index (χ4v) is 1.53. The molecule has 0 spiro atoms. The number of rotatable bonds is 2. The van der Waals surface area contributed by atoms with Crippen LogP contribution in [-0.2, 0) is 0 Å². The van der Waals surface area contributed by atoms with E-state index in [1.165, 1.54) is 18.3 Å². The maximum absolute atomic E-state index is 13.1. The first kappa shape index (κ1) is 11.9. The minimum absolute atomic E-state index is 0.271. The quantitative estimate of drug-likeness (QED) is 0.849. The first-order valence-corrected chi connectivity index (χ1v) is 5.29. The Morgan fingerprint density at radius 1 is 1.39 bits per heavy atom. The van der Waals surface area contributed by atoms with Crippen molar-refractivity contribution in [2.75, 3.05) is 11.1 Å². The molecule has 0 unspecified atom stereocenters. The van der Waals surface area contributed by atoms with Gasteiger partial charge in [-0.1, -0.05) is 0 Å². The van der Waals surface area contributed by atoms with Gasteiger partial charge in [0, 0.05) is 11.9 Å². The van der Waals surface area contributed by atoms with Crippen molar-refractivity contribution < 1.29 is 4.39 Å². The molecule has 0 saturated heterocycles. The Morgan fingerprint density at radius 2 is 2.17 bits per heavy atom. The Kier molecular flexibility index (Phi) is 3.11. The van der Waals surface area contributed by atoms with Gasteiger partial charge in [0.1, 0.15) is 11.9 Å². The van der Waals surface area contributed by atoms with Gasteiger partial charge in [-0.15, -0.1) is 0 Å². The normalized spacial score (nSPS) is 9.83. The predicted molar refractivity (Wildman–Crippen MR) is 67.8 cm³/mol. The summed E-state index contributed by atoms with van der Waals surface area (Å²) in [6.07, 6.45) is 1.49. The van der Waals surface area contributed by atoms with Crippen LogP contribution in [0.25, 0.3) is 0 Å². The third-order valence-electron chi connectivity index (χ3n) is 2.53. The number of pyridine rings is 1. The summed E-state index contributed by atoms with van der Waals surface area (Å²) in [4.78, 5) is 4.05. The summed E-state index contributed by atoms with van der Waals surface area (Å²) in [5.41, 5.74) is 7.61. The molecule has 5 heteroatoms. The predicted octanol–water partition coefficient (Wildman–Crippen LogP) is 2.73. The maximum Gasteiger partial charge on any atom is 0.154 e. The lowest BCUT2D eigenvalue weighted by atomic mass is 10.2. The standard InChI is InChI=1S/C13H11FN4/c1-8-6-10(2-3-11(8)14)18-13-12(16)9(7-15)4-5-17-13/h2-6H,16H2,1H3,(H,17,18). The number of anilines is 3. The molecule has 2 rings (SSSR count). The molecule has 1 heterocycles. The molecule has 0 radical (unpaired) electrons. The highest BCUT2D eigenvalue weighted by Gasteiger charge is 2.07. The molecular weight excluding hydrogens is 231 g/mol. The number of hydrogen-bond donors (Lipinski definition) is 2. The van der Waals surface area contributed by atoms with Crippen LogP contribution in [0, 0.1) is 24.1 Å².